The Hall–Kier alpha value is -5.04. The summed E-state index contributed by atoms with van der Waals surface area (Å²) in [5.74, 6) is -0.416. The van der Waals surface area contributed by atoms with E-state index < -0.39 is 0 Å². The van der Waals surface area contributed by atoms with Crippen molar-refractivity contribution in [3.05, 3.63) is 87.6 Å². The molecule has 258 valence electrons. The Morgan fingerprint density at radius 1 is 1.04 bits per heavy atom. The van der Waals surface area contributed by atoms with Crippen molar-refractivity contribution in [1.82, 2.24) is 29.9 Å². The van der Waals surface area contributed by atoms with Crippen LogP contribution in [0.2, 0.25) is 0 Å². The number of carbonyl (C=O) groups excluding carboxylic acids is 2. The van der Waals surface area contributed by atoms with Gasteiger partial charge in [0, 0.05) is 74.1 Å². The van der Waals surface area contributed by atoms with Gasteiger partial charge in [0.15, 0.2) is 0 Å². The molecule has 2 aliphatic carbocycles. The molecule has 2 aromatic heterocycles. The topological polar surface area (TPSA) is 169 Å². The largest absolute Gasteiger partial charge is 0.393 e. The van der Waals surface area contributed by atoms with E-state index in [-0.39, 0.29) is 52.9 Å². The monoisotopic (exact) mass is 666 g/mol. The van der Waals surface area contributed by atoms with E-state index in [4.69, 9.17) is 16.6 Å². The van der Waals surface area contributed by atoms with Crippen molar-refractivity contribution >= 4 is 23.2 Å². The molecular weight excluding hydrogens is 620 g/mol. The summed E-state index contributed by atoms with van der Waals surface area (Å²) in [6, 6.07) is 10.2. The van der Waals surface area contributed by atoms with Crippen molar-refractivity contribution in [2.75, 3.05) is 30.4 Å². The van der Waals surface area contributed by atoms with Gasteiger partial charge in [0.1, 0.15) is 11.5 Å². The summed E-state index contributed by atoms with van der Waals surface area (Å²) in [5, 5.41) is 14.0. The fourth-order valence-electron chi connectivity index (χ4n) is 6.99. The van der Waals surface area contributed by atoms with Gasteiger partial charge in [0.05, 0.1) is 41.0 Å². The molecule has 13 nitrogen and oxygen atoms in total. The molecule has 3 fully saturated rings. The number of para-hydroxylation sites is 1. The summed E-state index contributed by atoms with van der Waals surface area (Å²) >= 11 is 0. The molecule has 2 amide bonds. The molecule has 2 saturated carbocycles. The van der Waals surface area contributed by atoms with Gasteiger partial charge in [0.25, 0.3) is 11.5 Å². The molecular formula is C36H46N10O3. The minimum Gasteiger partial charge on any atom is -0.393 e. The Kier molecular flexibility index (Phi) is 8.70. The van der Waals surface area contributed by atoms with E-state index >= 15 is 0 Å². The maximum atomic E-state index is 13.1. The van der Waals surface area contributed by atoms with Crippen LogP contribution in [0, 0.1) is 5.92 Å². The van der Waals surface area contributed by atoms with Crippen molar-refractivity contribution in [3.8, 4) is 11.1 Å². The van der Waals surface area contributed by atoms with Crippen LogP contribution in [0.4, 0.5) is 11.4 Å². The lowest BCUT2D eigenvalue weighted by Gasteiger charge is -2.43. The van der Waals surface area contributed by atoms with Crippen molar-refractivity contribution in [3.63, 3.8) is 0 Å². The number of likely N-dealkylation sites (tertiary alicyclic amines) is 1. The number of hydrogen-bond donors (Lipinski definition) is 5. The Morgan fingerprint density at radius 3 is 2.51 bits per heavy atom. The van der Waals surface area contributed by atoms with Crippen LogP contribution >= 0.6 is 0 Å². The summed E-state index contributed by atoms with van der Waals surface area (Å²) in [6.07, 6.45) is 9.70. The number of fused-ring (bicyclic) bond motifs is 3. The number of aromatic nitrogens is 3. The Morgan fingerprint density at radius 2 is 1.82 bits per heavy atom. The first-order valence-electron chi connectivity index (χ1n) is 17.4. The zero-order valence-corrected chi connectivity index (χ0v) is 28.4. The summed E-state index contributed by atoms with van der Waals surface area (Å²) < 4.78 is 3.92. The standard InChI is InChI=1S/C36H46N10O3/c1-4-29-33-26(17-39-46(33)24-19-44(20-24)18-22-8-7-15-45(5-2)36(22)49)25-9-6-10-27(32(25)43(29)3)41-28(31(38)35(48)40-23-13-14-23)16-30(37)42-34(47)21-11-12-21/h6-10,15-17,21,23-24,29,41H,4-5,11-14,18-20,37-38H2,1-3H3,(H,40,48)(H,42,47)/b30-16+,31-28+. The van der Waals surface area contributed by atoms with Crippen LogP contribution in [0.1, 0.15) is 69.3 Å². The van der Waals surface area contributed by atoms with Crippen LogP contribution in [0.5, 0.6) is 0 Å². The van der Waals surface area contributed by atoms with Gasteiger partial charge in [-0.15, -0.1) is 0 Å². The van der Waals surface area contributed by atoms with E-state index in [0.29, 0.717) is 18.8 Å². The van der Waals surface area contributed by atoms with E-state index in [1.54, 1.807) is 4.57 Å². The third kappa shape index (κ3) is 6.42. The van der Waals surface area contributed by atoms with Crippen LogP contribution in [0.3, 0.4) is 0 Å². The molecule has 3 aromatic rings. The van der Waals surface area contributed by atoms with E-state index in [0.717, 1.165) is 73.3 Å². The van der Waals surface area contributed by atoms with E-state index in [1.165, 1.54) is 11.8 Å². The number of aryl methyl sites for hydroxylation is 1. The Balaban J connectivity index is 1.17. The second-order valence-electron chi connectivity index (χ2n) is 13.7. The number of benzene rings is 1. The molecule has 4 aliphatic rings. The lowest BCUT2D eigenvalue weighted by molar-refractivity contribution is -0.121. The van der Waals surface area contributed by atoms with Crippen molar-refractivity contribution in [2.24, 2.45) is 17.4 Å². The number of carbonyl (C=O) groups is 2. The number of rotatable bonds is 12. The number of allylic oxidation sites excluding steroid dienone is 1. The molecule has 1 aromatic carbocycles. The Bertz CT molecular complexity index is 1890. The molecule has 4 heterocycles. The molecule has 7 rings (SSSR count). The zero-order valence-electron chi connectivity index (χ0n) is 28.4. The average Bonchev–Trinajstić information content (AvgIpc) is 4.01. The van der Waals surface area contributed by atoms with Crippen molar-refractivity contribution in [2.45, 2.75) is 77.2 Å². The normalized spacial score (nSPS) is 19.8. The fourth-order valence-corrected chi connectivity index (χ4v) is 6.99. The fraction of sp³-hybridized carbons (Fsp3) is 0.444. The van der Waals surface area contributed by atoms with Gasteiger partial charge in [-0.25, -0.2) is 0 Å². The maximum Gasteiger partial charge on any atom is 0.269 e. The lowest BCUT2D eigenvalue weighted by atomic mass is 9.91. The van der Waals surface area contributed by atoms with Gasteiger partial charge in [-0.05, 0) is 51.2 Å². The highest BCUT2D eigenvalue weighted by atomic mass is 16.2. The van der Waals surface area contributed by atoms with Gasteiger partial charge in [0.2, 0.25) is 5.91 Å². The number of nitrogens with two attached hydrogens (primary N) is 2. The molecule has 2 aliphatic heterocycles. The molecule has 0 spiro atoms. The number of hydrogen-bond acceptors (Lipinski definition) is 9. The van der Waals surface area contributed by atoms with Gasteiger partial charge < -0.3 is 36.9 Å². The van der Waals surface area contributed by atoms with Crippen molar-refractivity contribution in [1.29, 1.82) is 0 Å². The van der Waals surface area contributed by atoms with E-state index in [1.807, 2.05) is 43.6 Å². The number of pyridine rings is 1. The van der Waals surface area contributed by atoms with Crippen LogP contribution in [-0.4, -0.2) is 57.2 Å². The van der Waals surface area contributed by atoms with E-state index in [2.05, 4.69) is 50.5 Å². The van der Waals surface area contributed by atoms with Crippen LogP contribution in [0.25, 0.3) is 11.1 Å². The quantitative estimate of drug-likeness (QED) is 0.144. The van der Waals surface area contributed by atoms with Gasteiger partial charge in [-0.1, -0.05) is 25.1 Å². The average molecular weight is 667 g/mol. The predicted octanol–water partition coefficient (Wildman–Crippen LogP) is 2.88. The van der Waals surface area contributed by atoms with Gasteiger partial charge in [-0.3, -0.25) is 24.0 Å². The molecule has 13 heteroatoms. The smallest absolute Gasteiger partial charge is 0.269 e. The van der Waals surface area contributed by atoms with Gasteiger partial charge >= 0.3 is 0 Å². The van der Waals surface area contributed by atoms with E-state index in [9.17, 15) is 14.4 Å². The maximum absolute atomic E-state index is 13.1. The second kappa shape index (κ2) is 13.1. The highest BCUT2D eigenvalue weighted by Crippen LogP contribution is 2.49. The van der Waals surface area contributed by atoms with Gasteiger partial charge in [-0.2, -0.15) is 5.10 Å². The number of anilines is 2. The summed E-state index contributed by atoms with van der Waals surface area (Å²) in [7, 11) is 2.08. The molecule has 7 N–H and O–H groups in total. The third-order valence-electron chi connectivity index (χ3n) is 10.0. The first-order valence-corrected chi connectivity index (χ1v) is 17.4. The summed E-state index contributed by atoms with van der Waals surface area (Å²) in [4.78, 5) is 42.9. The number of amides is 2. The molecule has 0 bridgehead atoms. The zero-order chi connectivity index (χ0) is 34.4. The first kappa shape index (κ1) is 32.5. The molecule has 1 unspecified atom stereocenters. The summed E-state index contributed by atoms with van der Waals surface area (Å²) in [5.41, 5.74) is 18.9. The molecule has 49 heavy (non-hydrogen) atoms. The second-order valence-corrected chi connectivity index (χ2v) is 13.7. The molecule has 1 saturated heterocycles. The SMILES string of the molecule is CCC1c2c(cnn2C2CN(Cc3cccn(CC)c3=O)C2)-c2cccc(NC(/C=C(\N)NC(=O)C3CC3)=C(/N)C(=O)NC3CC3)c2N1C. The number of nitrogens with one attached hydrogen (secondary N) is 3. The molecule has 0 radical (unpaired) electrons. The highest BCUT2D eigenvalue weighted by molar-refractivity contribution is 5.96. The summed E-state index contributed by atoms with van der Waals surface area (Å²) in [6.45, 7) is 7.05. The molecule has 1 atom stereocenters. The lowest BCUT2D eigenvalue weighted by Crippen LogP contribution is -2.49. The third-order valence-corrected chi connectivity index (χ3v) is 10.0. The van der Waals surface area contributed by atoms with Crippen molar-refractivity contribution < 1.29 is 9.59 Å². The first-order chi connectivity index (χ1) is 23.7. The Labute approximate surface area is 286 Å². The highest BCUT2D eigenvalue weighted by Gasteiger charge is 2.38. The number of nitrogens with zero attached hydrogens (tertiary/aromatic N) is 5. The minimum atomic E-state index is -0.381. The van der Waals surface area contributed by atoms with Crippen LogP contribution in [-0.2, 0) is 22.7 Å². The predicted molar refractivity (Wildman–Crippen MR) is 189 cm³/mol. The van der Waals surface area contributed by atoms with Crippen LogP contribution < -0.4 is 37.9 Å². The minimum absolute atomic E-state index is 0.00853. The van der Waals surface area contributed by atoms with Crippen LogP contribution in [0.15, 0.2) is 70.8 Å².